The van der Waals surface area contributed by atoms with Crippen molar-refractivity contribution in [3.8, 4) is 39.7 Å². The average molecular weight is 618 g/mol. The fourth-order valence-electron chi connectivity index (χ4n) is 6.14. The maximum Gasteiger partial charge on any atom is 0.227 e. The maximum atomic E-state index is 14.8. The topological polar surface area (TPSA) is 138 Å². The first-order valence-electron chi connectivity index (χ1n) is 15.7. The molecule has 0 spiro atoms. The molecule has 3 N–H and O–H groups in total. The van der Waals surface area contributed by atoms with Gasteiger partial charge in [-0.15, -0.1) is 0 Å². The fraction of sp³-hybridized carbons (Fsp3) is 0.294. The van der Waals surface area contributed by atoms with Crippen LogP contribution in [0, 0.1) is 11.7 Å². The van der Waals surface area contributed by atoms with Gasteiger partial charge >= 0.3 is 0 Å². The Bertz CT molecular complexity index is 2060. The summed E-state index contributed by atoms with van der Waals surface area (Å²) in [5.41, 5.74) is 6.57. The van der Waals surface area contributed by atoms with Gasteiger partial charge in [0.25, 0.3) is 0 Å². The predicted octanol–water partition coefficient (Wildman–Crippen LogP) is 5.98. The Morgan fingerprint density at radius 3 is 2.65 bits per heavy atom. The lowest BCUT2D eigenvalue weighted by molar-refractivity contribution is -0.122. The van der Waals surface area contributed by atoms with Gasteiger partial charge in [0.1, 0.15) is 23.7 Å². The Hall–Kier alpha value is -5.23. The Morgan fingerprint density at radius 2 is 1.80 bits per heavy atom. The zero-order chi connectivity index (χ0) is 31.0. The highest BCUT2D eigenvalue weighted by Crippen LogP contribution is 2.34. The van der Waals surface area contributed by atoms with Crippen molar-refractivity contribution in [2.45, 2.75) is 32.1 Å². The van der Waals surface area contributed by atoms with Gasteiger partial charge in [0, 0.05) is 42.0 Å². The van der Waals surface area contributed by atoms with Crippen LogP contribution in [-0.4, -0.2) is 72.2 Å². The SMILES string of the molecule is O=C(Nc1cncc(-c2ccc3[nH]nc(-c4nc5c(-c6cc(F)cc(OCCN7CCCC7)c6)cncc5[nH]4)c3n2)c1)C1CCC1. The molecule has 232 valence electrons. The van der Waals surface area contributed by atoms with Crippen LogP contribution in [0.5, 0.6) is 5.75 Å². The molecular formula is C34H32FN9O2. The van der Waals surface area contributed by atoms with Crippen LogP contribution in [-0.2, 0) is 4.79 Å². The van der Waals surface area contributed by atoms with E-state index in [0.29, 0.717) is 62.9 Å². The first-order chi connectivity index (χ1) is 22.6. The second-order valence-electron chi connectivity index (χ2n) is 12.0. The van der Waals surface area contributed by atoms with E-state index in [1.807, 2.05) is 24.3 Å². The quantitative estimate of drug-likeness (QED) is 0.180. The van der Waals surface area contributed by atoms with Gasteiger partial charge in [0.05, 0.1) is 40.3 Å². The summed E-state index contributed by atoms with van der Waals surface area (Å²) in [6, 6.07) is 10.4. The summed E-state index contributed by atoms with van der Waals surface area (Å²) in [6.07, 6.45) is 12.1. The number of carbonyl (C=O) groups is 1. The van der Waals surface area contributed by atoms with Crippen LogP contribution >= 0.6 is 0 Å². The summed E-state index contributed by atoms with van der Waals surface area (Å²) in [5.74, 6) is 0.685. The summed E-state index contributed by atoms with van der Waals surface area (Å²) in [5, 5.41) is 10.6. The number of likely N-dealkylation sites (tertiary alicyclic amines) is 1. The minimum atomic E-state index is -0.391. The Labute approximate surface area is 263 Å². The number of imidazole rings is 1. The van der Waals surface area contributed by atoms with Gasteiger partial charge in [-0.2, -0.15) is 5.10 Å². The van der Waals surface area contributed by atoms with E-state index in [-0.39, 0.29) is 11.8 Å². The van der Waals surface area contributed by atoms with Crippen molar-refractivity contribution in [3.63, 3.8) is 0 Å². The molecule has 1 saturated heterocycles. The summed E-state index contributed by atoms with van der Waals surface area (Å²) >= 11 is 0. The largest absolute Gasteiger partial charge is 0.492 e. The number of H-pyrrole nitrogens is 2. The summed E-state index contributed by atoms with van der Waals surface area (Å²) in [6.45, 7) is 3.48. The van der Waals surface area contributed by atoms with Crippen molar-refractivity contribution >= 4 is 33.7 Å². The number of anilines is 1. The van der Waals surface area contributed by atoms with Crippen molar-refractivity contribution in [2.24, 2.45) is 5.92 Å². The minimum Gasteiger partial charge on any atom is -0.492 e. The number of aromatic nitrogens is 7. The van der Waals surface area contributed by atoms with E-state index in [9.17, 15) is 9.18 Å². The maximum absolute atomic E-state index is 14.8. The highest BCUT2D eigenvalue weighted by molar-refractivity contribution is 5.96. The summed E-state index contributed by atoms with van der Waals surface area (Å²) < 4.78 is 20.7. The molecule has 2 aliphatic rings. The lowest BCUT2D eigenvalue weighted by Gasteiger charge is -2.24. The monoisotopic (exact) mass is 617 g/mol. The number of carbonyl (C=O) groups excluding carboxylic acids is 1. The van der Waals surface area contributed by atoms with E-state index in [0.717, 1.165) is 50.0 Å². The van der Waals surface area contributed by atoms with Gasteiger partial charge < -0.3 is 15.0 Å². The first kappa shape index (κ1) is 28.3. The van der Waals surface area contributed by atoms with E-state index in [1.165, 1.54) is 25.0 Å². The van der Waals surface area contributed by atoms with E-state index in [1.54, 1.807) is 24.8 Å². The molecule has 0 bridgehead atoms. The zero-order valence-corrected chi connectivity index (χ0v) is 25.1. The van der Waals surface area contributed by atoms with Gasteiger partial charge in [-0.3, -0.25) is 24.8 Å². The Morgan fingerprint density at radius 1 is 0.935 bits per heavy atom. The molecule has 6 heterocycles. The predicted molar refractivity (Wildman–Crippen MR) is 173 cm³/mol. The van der Waals surface area contributed by atoms with Crippen LogP contribution in [0.25, 0.3) is 56.0 Å². The van der Waals surface area contributed by atoms with Gasteiger partial charge in [0.2, 0.25) is 5.91 Å². The summed E-state index contributed by atoms with van der Waals surface area (Å²) in [4.78, 5) is 36.7. The molecule has 0 unspecified atom stereocenters. The highest BCUT2D eigenvalue weighted by Gasteiger charge is 2.25. The number of aromatic amines is 2. The highest BCUT2D eigenvalue weighted by atomic mass is 19.1. The Kier molecular flexibility index (Phi) is 7.33. The van der Waals surface area contributed by atoms with Gasteiger partial charge in [-0.1, -0.05) is 6.42 Å². The minimum absolute atomic E-state index is 0.0315. The van der Waals surface area contributed by atoms with Crippen molar-refractivity contribution in [1.82, 2.24) is 40.0 Å². The van der Waals surface area contributed by atoms with Crippen LogP contribution in [0.3, 0.4) is 0 Å². The average Bonchev–Trinajstić information content (AvgIpc) is 3.79. The third-order valence-corrected chi connectivity index (χ3v) is 8.86. The van der Waals surface area contributed by atoms with Crippen LogP contribution < -0.4 is 10.1 Å². The molecule has 6 aromatic rings. The van der Waals surface area contributed by atoms with E-state index >= 15 is 0 Å². The van der Waals surface area contributed by atoms with Crippen LogP contribution in [0.4, 0.5) is 10.1 Å². The van der Waals surface area contributed by atoms with Gasteiger partial charge in [-0.25, -0.2) is 14.4 Å². The molecule has 5 aromatic heterocycles. The number of hydrogen-bond donors (Lipinski definition) is 3. The normalized spacial score (nSPS) is 15.4. The van der Waals surface area contributed by atoms with E-state index in [4.69, 9.17) is 14.7 Å². The number of nitrogens with one attached hydrogen (secondary N) is 3. The zero-order valence-electron chi connectivity index (χ0n) is 25.1. The molecule has 1 aromatic carbocycles. The standard InChI is InChI=1S/C34H32FN9O2/c35-23-12-21(14-25(15-23)46-11-10-44-8-1-2-9-44)26-18-37-19-29-30(26)41-33(40-29)32-31-28(42-43-32)7-6-27(39-31)22-13-24(17-36-16-22)38-34(45)20-4-3-5-20/h6-7,12-20H,1-5,8-11H2,(H,38,45)(H,40,41)(H,42,43). The number of amides is 1. The number of pyridine rings is 3. The number of ether oxygens (including phenoxy) is 1. The second kappa shape index (κ2) is 11.9. The third kappa shape index (κ3) is 5.56. The molecule has 46 heavy (non-hydrogen) atoms. The number of rotatable bonds is 9. The van der Waals surface area contributed by atoms with E-state index in [2.05, 4.69) is 35.4 Å². The van der Waals surface area contributed by atoms with Gasteiger partial charge in [0.15, 0.2) is 11.5 Å². The molecule has 2 fully saturated rings. The molecular weight excluding hydrogens is 585 g/mol. The van der Waals surface area contributed by atoms with Crippen LogP contribution in [0.15, 0.2) is 61.2 Å². The molecule has 8 rings (SSSR count). The molecule has 12 heteroatoms. The number of benzene rings is 1. The molecule has 1 amide bonds. The summed E-state index contributed by atoms with van der Waals surface area (Å²) in [7, 11) is 0. The third-order valence-electron chi connectivity index (χ3n) is 8.86. The lowest BCUT2D eigenvalue weighted by atomic mass is 9.85. The first-order valence-corrected chi connectivity index (χ1v) is 15.7. The molecule has 1 aliphatic heterocycles. The Balaban J connectivity index is 1.09. The van der Waals surface area contributed by atoms with Crippen molar-refractivity contribution < 1.29 is 13.9 Å². The number of halogens is 1. The van der Waals surface area contributed by atoms with Crippen LogP contribution in [0.2, 0.25) is 0 Å². The van der Waals surface area contributed by atoms with Crippen molar-refractivity contribution in [1.29, 1.82) is 0 Å². The van der Waals surface area contributed by atoms with Gasteiger partial charge in [-0.05, 0) is 74.7 Å². The lowest BCUT2D eigenvalue weighted by Crippen LogP contribution is -2.28. The van der Waals surface area contributed by atoms with Crippen LogP contribution in [0.1, 0.15) is 32.1 Å². The van der Waals surface area contributed by atoms with E-state index < -0.39 is 5.82 Å². The van der Waals surface area contributed by atoms with Crippen molar-refractivity contribution in [3.05, 3.63) is 67.0 Å². The smallest absolute Gasteiger partial charge is 0.227 e. The number of fused-ring (bicyclic) bond motifs is 2. The number of nitrogens with zero attached hydrogens (tertiary/aromatic N) is 6. The number of hydrogen-bond acceptors (Lipinski definition) is 8. The fourth-order valence-corrected chi connectivity index (χ4v) is 6.14. The molecule has 11 nitrogen and oxygen atoms in total. The molecule has 0 atom stereocenters. The molecule has 1 aliphatic carbocycles. The molecule has 1 saturated carbocycles. The van der Waals surface area contributed by atoms with Crippen molar-refractivity contribution in [2.75, 3.05) is 31.6 Å². The second-order valence-corrected chi connectivity index (χ2v) is 12.0. The molecule has 0 radical (unpaired) electrons.